The van der Waals surface area contributed by atoms with Gasteiger partial charge in [-0.25, -0.2) is 13.4 Å². The van der Waals surface area contributed by atoms with Crippen LogP contribution in [0.2, 0.25) is 0 Å². The number of carbonyl (C=O) groups is 1. The average Bonchev–Trinajstić information content (AvgIpc) is 3.30. The van der Waals surface area contributed by atoms with E-state index in [0.717, 1.165) is 29.8 Å². The molecule has 0 radical (unpaired) electrons. The first-order valence-corrected chi connectivity index (χ1v) is 11.3. The number of nitrogens with zero attached hydrogens (tertiary/aromatic N) is 2. The lowest BCUT2D eigenvalue weighted by Gasteiger charge is -2.25. The van der Waals surface area contributed by atoms with Gasteiger partial charge >= 0.3 is 0 Å². The van der Waals surface area contributed by atoms with Crippen LogP contribution in [0.5, 0.6) is 0 Å². The highest BCUT2D eigenvalue weighted by Gasteiger charge is 2.28. The van der Waals surface area contributed by atoms with E-state index in [1.165, 1.54) is 27.9 Å². The Kier molecular flexibility index (Phi) is 6.30. The van der Waals surface area contributed by atoms with Gasteiger partial charge in [0.25, 0.3) is 5.91 Å². The smallest absolute Gasteiger partial charge is 0.273 e. The number of carbonyl (C=O) groups excluding carboxylic acids is 1. The fourth-order valence-corrected chi connectivity index (χ4v) is 5.25. The van der Waals surface area contributed by atoms with E-state index in [4.69, 9.17) is 4.74 Å². The van der Waals surface area contributed by atoms with Crippen molar-refractivity contribution in [1.82, 2.24) is 14.3 Å². The number of hydrogen-bond acceptors (Lipinski definition) is 6. The normalized spacial score (nSPS) is 15.8. The van der Waals surface area contributed by atoms with Crippen LogP contribution >= 0.6 is 11.3 Å². The van der Waals surface area contributed by atoms with E-state index in [-0.39, 0.29) is 10.6 Å². The molecule has 3 rings (SSSR count). The number of aromatic nitrogens is 2. The number of morpholine rings is 1. The average molecular weight is 413 g/mol. The van der Waals surface area contributed by atoms with Crippen LogP contribution in [0.25, 0.3) is 0 Å². The summed E-state index contributed by atoms with van der Waals surface area (Å²) in [5, 5.41) is 3.30. The Bertz CT molecular complexity index is 898. The second-order valence-corrected chi connectivity index (χ2v) is 9.23. The summed E-state index contributed by atoms with van der Waals surface area (Å²) in [5.41, 5.74) is 1.20. The van der Waals surface area contributed by atoms with Crippen molar-refractivity contribution in [2.24, 2.45) is 0 Å². The molecule has 3 heterocycles. The molecule has 2 aromatic heterocycles. The van der Waals surface area contributed by atoms with Gasteiger partial charge in [0, 0.05) is 24.2 Å². The fraction of sp³-hybridized carbons (Fsp3) is 0.529. The summed E-state index contributed by atoms with van der Waals surface area (Å²) in [4.78, 5) is 21.0. The summed E-state index contributed by atoms with van der Waals surface area (Å²) in [6.07, 6.45) is 4.08. The van der Waals surface area contributed by atoms with Gasteiger partial charge in [-0.1, -0.05) is 20.3 Å². The molecular weight excluding hydrogens is 388 g/mol. The standard InChI is InChI=1S/C17H24N4O4S2/c1-3-5-13-15(4-2)26-17(19-13)20-16(22)14-10-12(11-18-14)27(23,24)21-6-8-25-9-7-21/h10-11,18H,3-9H2,1-2H3,(H,19,20,22). The molecule has 0 spiro atoms. The van der Waals surface area contributed by atoms with Crippen molar-refractivity contribution in [3.05, 3.63) is 28.5 Å². The van der Waals surface area contributed by atoms with Crippen LogP contribution in [0.3, 0.4) is 0 Å². The van der Waals surface area contributed by atoms with E-state index in [0.29, 0.717) is 31.4 Å². The van der Waals surface area contributed by atoms with E-state index in [2.05, 4.69) is 29.1 Å². The molecule has 0 aromatic carbocycles. The minimum Gasteiger partial charge on any atom is -0.379 e. The Hall–Kier alpha value is -1.75. The van der Waals surface area contributed by atoms with Crippen molar-refractivity contribution in [2.75, 3.05) is 31.6 Å². The van der Waals surface area contributed by atoms with Crippen molar-refractivity contribution in [3.63, 3.8) is 0 Å². The van der Waals surface area contributed by atoms with Gasteiger partial charge < -0.3 is 9.72 Å². The lowest BCUT2D eigenvalue weighted by molar-refractivity contribution is 0.0730. The van der Waals surface area contributed by atoms with Gasteiger partial charge in [-0.3, -0.25) is 10.1 Å². The number of hydrogen-bond donors (Lipinski definition) is 2. The number of aromatic amines is 1. The molecule has 27 heavy (non-hydrogen) atoms. The summed E-state index contributed by atoms with van der Waals surface area (Å²) in [6.45, 7) is 5.53. The van der Waals surface area contributed by atoms with Crippen LogP contribution in [-0.2, 0) is 27.6 Å². The minimum atomic E-state index is -3.63. The maximum atomic E-state index is 12.6. The lowest BCUT2D eigenvalue weighted by Crippen LogP contribution is -2.40. The third kappa shape index (κ3) is 4.40. The fourth-order valence-electron chi connectivity index (χ4n) is 2.90. The molecule has 1 saturated heterocycles. The topological polar surface area (TPSA) is 104 Å². The van der Waals surface area contributed by atoms with E-state index < -0.39 is 15.9 Å². The van der Waals surface area contributed by atoms with Crippen LogP contribution in [0.15, 0.2) is 17.2 Å². The third-order valence-corrected chi connectivity index (χ3v) is 7.35. The minimum absolute atomic E-state index is 0.0783. The zero-order chi connectivity index (χ0) is 19.4. The van der Waals surface area contributed by atoms with Gasteiger partial charge in [0.05, 0.1) is 18.9 Å². The Morgan fingerprint density at radius 2 is 2.11 bits per heavy atom. The van der Waals surface area contributed by atoms with Crippen LogP contribution in [0.1, 0.15) is 41.3 Å². The van der Waals surface area contributed by atoms with E-state index in [9.17, 15) is 13.2 Å². The van der Waals surface area contributed by atoms with Crippen molar-refractivity contribution in [3.8, 4) is 0 Å². The van der Waals surface area contributed by atoms with E-state index in [1.54, 1.807) is 0 Å². The van der Waals surface area contributed by atoms with Gasteiger partial charge in [0.15, 0.2) is 5.13 Å². The van der Waals surface area contributed by atoms with Gasteiger partial charge in [-0.05, 0) is 18.9 Å². The number of nitrogens with one attached hydrogen (secondary N) is 2. The second kappa shape index (κ2) is 8.51. The van der Waals surface area contributed by atoms with Crippen molar-refractivity contribution in [1.29, 1.82) is 0 Å². The largest absolute Gasteiger partial charge is 0.379 e. The van der Waals surface area contributed by atoms with Crippen molar-refractivity contribution in [2.45, 2.75) is 38.0 Å². The van der Waals surface area contributed by atoms with Gasteiger partial charge in [-0.2, -0.15) is 4.31 Å². The SMILES string of the molecule is CCCc1nc(NC(=O)c2cc(S(=O)(=O)N3CCOCC3)c[nH]2)sc1CC. The first-order valence-electron chi connectivity index (χ1n) is 9.02. The molecule has 2 aromatic rings. The lowest BCUT2D eigenvalue weighted by atomic mass is 10.2. The number of ether oxygens (including phenoxy) is 1. The maximum absolute atomic E-state index is 12.6. The number of anilines is 1. The first kappa shape index (κ1) is 20.0. The summed E-state index contributed by atoms with van der Waals surface area (Å²) >= 11 is 1.46. The van der Waals surface area contributed by atoms with Gasteiger partial charge in [0.2, 0.25) is 10.0 Å². The number of H-pyrrole nitrogens is 1. The monoisotopic (exact) mass is 412 g/mol. The molecule has 1 aliphatic rings. The van der Waals surface area contributed by atoms with Crippen LogP contribution in [0, 0.1) is 0 Å². The molecule has 0 atom stereocenters. The quantitative estimate of drug-likeness (QED) is 0.726. The molecule has 0 unspecified atom stereocenters. The highest BCUT2D eigenvalue weighted by molar-refractivity contribution is 7.89. The summed E-state index contributed by atoms with van der Waals surface area (Å²) in [6, 6.07) is 1.36. The van der Waals surface area contributed by atoms with Gasteiger partial charge in [0.1, 0.15) is 10.6 Å². The number of amides is 1. The number of thiazole rings is 1. The Morgan fingerprint density at radius 3 is 2.78 bits per heavy atom. The maximum Gasteiger partial charge on any atom is 0.273 e. The molecule has 0 bridgehead atoms. The van der Waals surface area contributed by atoms with Crippen molar-refractivity contribution < 1.29 is 17.9 Å². The predicted octanol–water partition coefficient (Wildman–Crippen LogP) is 2.26. The number of rotatable bonds is 7. The number of aryl methyl sites for hydroxylation is 2. The first-order chi connectivity index (χ1) is 13.0. The summed E-state index contributed by atoms with van der Waals surface area (Å²) < 4.78 is 31.9. The molecule has 0 saturated carbocycles. The Balaban J connectivity index is 1.73. The van der Waals surface area contributed by atoms with Crippen LogP contribution in [0.4, 0.5) is 5.13 Å². The third-order valence-electron chi connectivity index (χ3n) is 4.32. The highest BCUT2D eigenvalue weighted by Crippen LogP contribution is 2.25. The zero-order valence-electron chi connectivity index (χ0n) is 15.4. The summed E-state index contributed by atoms with van der Waals surface area (Å²) in [7, 11) is -3.63. The van der Waals surface area contributed by atoms with Crippen molar-refractivity contribution >= 4 is 32.4 Å². The van der Waals surface area contributed by atoms with Gasteiger partial charge in [-0.15, -0.1) is 11.3 Å². The molecule has 2 N–H and O–H groups in total. The van der Waals surface area contributed by atoms with Crippen LogP contribution in [-0.4, -0.2) is 54.9 Å². The zero-order valence-corrected chi connectivity index (χ0v) is 17.1. The second-order valence-electron chi connectivity index (χ2n) is 6.21. The van der Waals surface area contributed by atoms with Crippen LogP contribution < -0.4 is 5.32 Å². The predicted molar refractivity (Wildman–Crippen MR) is 104 cm³/mol. The molecular formula is C17H24N4O4S2. The Labute approximate surface area is 163 Å². The Morgan fingerprint density at radius 1 is 1.37 bits per heavy atom. The molecule has 1 fully saturated rings. The molecule has 148 valence electrons. The molecule has 10 heteroatoms. The molecule has 1 amide bonds. The molecule has 1 aliphatic heterocycles. The number of sulfonamides is 1. The molecule has 8 nitrogen and oxygen atoms in total. The molecule has 0 aliphatic carbocycles. The highest BCUT2D eigenvalue weighted by atomic mass is 32.2. The summed E-state index contributed by atoms with van der Waals surface area (Å²) in [5.74, 6) is -0.405. The van der Waals surface area contributed by atoms with E-state index in [1.807, 2.05) is 0 Å². The van der Waals surface area contributed by atoms with E-state index >= 15 is 0 Å².